The van der Waals surface area contributed by atoms with Crippen LogP contribution in [0.5, 0.6) is 0 Å². The van der Waals surface area contributed by atoms with Gasteiger partial charge < -0.3 is 0 Å². The number of hydrogen-bond donors (Lipinski definition) is 2. The molecular weight excluding hydrogens is 143 g/mol. The molecule has 35 valence electrons. The van der Waals surface area contributed by atoms with Gasteiger partial charge in [-0.05, 0) is 0 Å². The molecule has 0 aliphatic carbocycles. The van der Waals surface area contributed by atoms with Crippen molar-refractivity contribution in [3.05, 3.63) is 0 Å². The van der Waals surface area contributed by atoms with E-state index in [2.05, 4.69) is 26.2 Å². The Labute approximate surface area is 44.7 Å². The van der Waals surface area contributed by atoms with Crippen LogP contribution < -0.4 is 10.6 Å². The van der Waals surface area contributed by atoms with E-state index < -0.39 is 0 Å². The summed E-state index contributed by atoms with van der Waals surface area (Å²) in [5, 5.41) is 6.19. The predicted octanol–water partition coefficient (Wildman–Crippen LogP) is -1.83. The zero-order valence-corrected chi connectivity index (χ0v) is 5.24. The van der Waals surface area contributed by atoms with Gasteiger partial charge in [0.15, 0.2) is 0 Å². The summed E-state index contributed by atoms with van der Waals surface area (Å²) in [5.74, 6) is 0. The molecule has 0 aromatic rings. The third-order valence-electron chi connectivity index (χ3n) is 0.710. The van der Waals surface area contributed by atoms with Gasteiger partial charge in [0.05, 0.1) is 0 Å². The van der Waals surface area contributed by atoms with E-state index in [1.54, 1.807) is 0 Å². The molecule has 6 heavy (non-hydrogen) atoms. The van der Waals surface area contributed by atoms with Gasteiger partial charge in [0.2, 0.25) is 0 Å². The van der Waals surface area contributed by atoms with Crippen LogP contribution in [-0.2, 0) is 0 Å². The van der Waals surface area contributed by atoms with Crippen LogP contribution in [0.15, 0.2) is 0 Å². The van der Waals surface area contributed by atoms with Gasteiger partial charge in [-0.3, -0.25) is 0 Å². The summed E-state index contributed by atoms with van der Waals surface area (Å²) < 4.78 is 1.14. The Morgan fingerprint density at radius 2 is 1.83 bits per heavy atom. The van der Waals surface area contributed by atoms with E-state index in [1.807, 2.05) is 0 Å². The predicted molar refractivity (Wildman–Crippen MR) is 28.2 cm³/mol. The molecule has 1 fully saturated rings. The number of rotatable bonds is 0. The molecule has 0 atom stereocenters. The fraction of sp³-hybridized carbons (Fsp3) is 0.667. The Balaban J connectivity index is 2.37. The molecule has 1 aliphatic rings. The van der Waals surface area contributed by atoms with Crippen molar-refractivity contribution in [2.45, 2.75) is 0 Å². The van der Waals surface area contributed by atoms with E-state index in [9.17, 15) is 0 Å². The van der Waals surface area contributed by atoms with Gasteiger partial charge in [0.25, 0.3) is 0 Å². The van der Waals surface area contributed by atoms with E-state index in [-0.39, 0.29) is 0 Å². The molecule has 1 radical (unpaired) electrons. The van der Waals surface area contributed by atoms with Crippen LogP contribution in [0.1, 0.15) is 0 Å². The summed E-state index contributed by atoms with van der Waals surface area (Å²) in [5.41, 5.74) is 0. The molecule has 1 saturated heterocycles. The normalized spacial score (nSPS) is 22.3. The van der Waals surface area contributed by atoms with Crippen LogP contribution in [0, 0.1) is 0 Å². The molecule has 0 aromatic carbocycles. The monoisotopic (exact) mass is 151 g/mol. The van der Waals surface area contributed by atoms with Crippen molar-refractivity contribution < 1.29 is 0 Å². The molecule has 0 aromatic heterocycles. The molecule has 1 rings (SSSR count). The number of hydrogen-bond acceptors (Lipinski definition) is 2. The van der Waals surface area contributed by atoms with Crippen LogP contribution in [0.25, 0.3) is 0 Å². The summed E-state index contributed by atoms with van der Waals surface area (Å²) in [4.78, 5) is 0. The van der Waals surface area contributed by atoms with Gasteiger partial charge >= 0.3 is 44.0 Å². The van der Waals surface area contributed by atoms with E-state index in [0.29, 0.717) is 0 Å². The second-order valence-electron chi connectivity index (χ2n) is 1.20. The summed E-state index contributed by atoms with van der Waals surface area (Å²) in [6.45, 7) is 2.15. The Kier molecular flexibility index (Phi) is 1.37. The summed E-state index contributed by atoms with van der Waals surface area (Å²) in [7, 11) is 0. The van der Waals surface area contributed by atoms with E-state index in [1.165, 1.54) is 0 Å². The average molecular weight is 150 g/mol. The second-order valence-corrected chi connectivity index (χ2v) is 2.14. The molecule has 0 amide bonds. The van der Waals surface area contributed by atoms with Crippen molar-refractivity contribution in [3.63, 3.8) is 0 Å². The van der Waals surface area contributed by atoms with Crippen molar-refractivity contribution in [2.24, 2.45) is 0 Å². The number of nitrogens with one attached hydrogen (secondary N) is 2. The standard InChI is InChI=1S/C3H7N2Se/c6-3-4-1-2-5-3/h4-6H,1-2H2. The molecular formula is C3H7N2Se. The Bertz CT molecular complexity index is 63.2. The second kappa shape index (κ2) is 1.85. The first kappa shape index (κ1) is 4.47. The molecule has 2 N–H and O–H groups in total. The third kappa shape index (κ3) is 0.883. The quantitative estimate of drug-likeness (QED) is 0.397. The van der Waals surface area contributed by atoms with Gasteiger partial charge in [-0.1, -0.05) is 0 Å². The van der Waals surface area contributed by atoms with Crippen molar-refractivity contribution in [1.29, 1.82) is 0 Å². The fourth-order valence-corrected chi connectivity index (χ4v) is 0.893. The van der Waals surface area contributed by atoms with Crippen molar-refractivity contribution in [3.8, 4) is 0 Å². The molecule has 0 spiro atoms. The Morgan fingerprint density at radius 1 is 1.33 bits per heavy atom. The third-order valence-corrected chi connectivity index (χ3v) is 1.37. The van der Waals surface area contributed by atoms with Crippen LogP contribution in [-0.4, -0.2) is 33.3 Å². The molecule has 1 heterocycles. The van der Waals surface area contributed by atoms with Crippen molar-refractivity contribution in [1.82, 2.24) is 10.6 Å². The van der Waals surface area contributed by atoms with E-state index in [0.717, 1.165) is 17.8 Å². The van der Waals surface area contributed by atoms with Crippen LogP contribution >= 0.6 is 0 Å². The van der Waals surface area contributed by atoms with Gasteiger partial charge in [-0.15, -0.1) is 0 Å². The van der Waals surface area contributed by atoms with Gasteiger partial charge in [-0.25, -0.2) is 0 Å². The zero-order valence-electron chi connectivity index (χ0n) is 3.36. The molecule has 3 heteroatoms. The van der Waals surface area contributed by atoms with Gasteiger partial charge in [0, 0.05) is 0 Å². The van der Waals surface area contributed by atoms with E-state index >= 15 is 0 Å². The molecule has 0 saturated carbocycles. The molecule has 2 nitrogen and oxygen atoms in total. The fourth-order valence-electron chi connectivity index (χ4n) is 0.424. The summed E-state index contributed by atoms with van der Waals surface area (Å²) in [6.07, 6.45) is 0. The average Bonchev–Trinajstić information content (AvgIpc) is 1.86. The first-order valence-corrected chi connectivity index (χ1v) is 2.87. The molecule has 1 aliphatic heterocycles. The first-order valence-electron chi connectivity index (χ1n) is 1.93. The maximum absolute atomic E-state index is 3.10. The SMILES string of the molecule is [SeH]=C1NCCN1. The van der Waals surface area contributed by atoms with Crippen molar-refractivity contribution in [2.75, 3.05) is 13.1 Å². The van der Waals surface area contributed by atoms with Crippen LogP contribution in [0.4, 0.5) is 0 Å². The minimum atomic E-state index is 1.07. The summed E-state index contributed by atoms with van der Waals surface area (Å²) >= 11 is 2.43. The molecule has 0 unspecified atom stereocenters. The first-order chi connectivity index (χ1) is 2.89. The van der Waals surface area contributed by atoms with Gasteiger partial charge in [-0.2, -0.15) is 0 Å². The van der Waals surface area contributed by atoms with Crippen LogP contribution in [0.3, 0.4) is 0 Å². The van der Waals surface area contributed by atoms with E-state index in [4.69, 9.17) is 0 Å². The van der Waals surface area contributed by atoms with Gasteiger partial charge in [0.1, 0.15) is 0 Å². The van der Waals surface area contributed by atoms with Crippen molar-refractivity contribution >= 4 is 20.2 Å². The Hall–Kier alpha value is 0.309. The minimum absolute atomic E-state index is 1.07. The zero-order chi connectivity index (χ0) is 4.41. The maximum atomic E-state index is 3.10. The topological polar surface area (TPSA) is 24.1 Å². The van der Waals surface area contributed by atoms with Crippen LogP contribution in [0.2, 0.25) is 0 Å². The summed E-state index contributed by atoms with van der Waals surface area (Å²) in [6, 6.07) is 0. The Morgan fingerprint density at radius 3 is 2.00 bits per heavy atom. The molecule has 0 bridgehead atoms.